The van der Waals surface area contributed by atoms with Crippen LogP contribution >= 0.6 is 11.3 Å². The Labute approximate surface area is 108 Å². The lowest BCUT2D eigenvalue weighted by Gasteiger charge is -1.95. The number of rotatable bonds is 4. The maximum atomic E-state index is 11.3. The average Bonchev–Trinajstić information content (AvgIpc) is 2.74. The van der Waals surface area contributed by atoms with Gasteiger partial charge in [-0.2, -0.15) is 0 Å². The van der Waals surface area contributed by atoms with E-state index in [1.54, 1.807) is 0 Å². The standard InChI is InChI=1S/C13H11NO3S/c1-8(15)11-12(13(16)17)18-10(14-11)7-9-5-3-2-4-6-9/h2-6H,7H2,1H3,(H,16,17). The third kappa shape index (κ3) is 2.62. The second-order valence-corrected chi connectivity index (χ2v) is 4.89. The highest BCUT2D eigenvalue weighted by atomic mass is 32.1. The molecule has 0 aliphatic heterocycles. The Morgan fingerprint density at radius 3 is 2.44 bits per heavy atom. The molecule has 1 N–H and O–H groups in total. The van der Waals surface area contributed by atoms with Gasteiger partial charge in [0.15, 0.2) is 5.78 Å². The highest BCUT2D eigenvalue weighted by molar-refractivity contribution is 7.13. The molecule has 0 fully saturated rings. The topological polar surface area (TPSA) is 67.3 Å². The number of carboxylic acid groups (broad SMARTS) is 1. The van der Waals surface area contributed by atoms with Gasteiger partial charge in [0.25, 0.3) is 0 Å². The molecule has 1 aromatic heterocycles. The van der Waals surface area contributed by atoms with E-state index in [2.05, 4.69) is 4.98 Å². The normalized spacial score (nSPS) is 10.3. The zero-order chi connectivity index (χ0) is 13.1. The summed E-state index contributed by atoms with van der Waals surface area (Å²) < 4.78 is 0. The van der Waals surface area contributed by atoms with Gasteiger partial charge in [0.2, 0.25) is 0 Å². The third-order valence-electron chi connectivity index (χ3n) is 2.40. The Kier molecular flexibility index (Phi) is 3.53. The summed E-state index contributed by atoms with van der Waals surface area (Å²) in [5.74, 6) is -1.42. The predicted molar refractivity (Wildman–Crippen MR) is 68.3 cm³/mol. The first-order valence-electron chi connectivity index (χ1n) is 5.36. The van der Waals surface area contributed by atoms with E-state index in [0.29, 0.717) is 11.4 Å². The molecule has 0 saturated carbocycles. The van der Waals surface area contributed by atoms with Gasteiger partial charge >= 0.3 is 5.97 Å². The fourth-order valence-corrected chi connectivity index (χ4v) is 2.58. The lowest BCUT2D eigenvalue weighted by Crippen LogP contribution is -2.03. The molecule has 0 saturated heterocycles. The smallest absolute Gasteiger partial charge is 0.348 e. The van der Waals surface area contributed by atoms with E-state index in [9.17, 15) is 9.59 Å². The van der Waals surface area contributed by atoms with Crippen LogP contribution in [0.5, 0.6) is 0 Å². The first kappa shape index (κ1) is 12.4. The number of carbonyl (C=O) groups is 2. The lowest BCUT2D eigenvalue weighted by molar-refractivity contribution is 0.0697. The van der Waals surface area contributed by atoms with Crippen LogP contribution in [0.25, 0.3) is 0 Å². The Balaban J connectivity index is 2.33. The molecule has 0 amide bonds. The summed E-state index contributed by atoms with van der Waals surface area (Å²) in [5.41, 5.74) is 1.09. The maximum absolute atomic E-state index is 11.3. The Hall–Kier alpha value is -2.01. The van der Waals surface area contributed by atoms with Gasteiger partial charge in [-0.25, -0.2) is 9.78 Å². The summed E-state index contributed by atoms with van der Waals surface area (Å²) in [6.45, 7) is 1.33. The van der Waals surface area contributed by atoms with Gasteiger partial charge in [0.05, 0.1) is 5.01 Å². The zero-order valence-corrected chi connectivity index (χ0v) is 10.5. The van der Waals surface area contributed by atoms with Crippen LogP contribution in [0.2, 0.25) is 0 Å². The van der Waals surface area contributed by atoms with E-state index in [1.807, 2.05) is 30.3 Å². The summed E-state index contributed by atoms with van der Waals surface area (Å²) in [6, 6.07) is 9.61. The van der Waals surface area contributed by atoms with E-state index >= 15 is 0 Å². The number of ketones is 1. The maximum Gasteiger partial charge on any atom is 0.348 e. The molecule has 0 atom stereocenters. The quantitative estimate of drug-likeness (QED) is 0.859. The molecule has 0 aliphatic rings. The Morgan fingerprint density at radius 1 is 1.28 bits per heavy atom. The van der Waals surface area contributed by atoms with Crippen LogP contribution in [0.4, 0.5) is 0 Å². The summed E-state index contributed by atoms with van der Waals surface area (Å²) in [7, 11) is 0. The minimum absolute atomic E-state index is 0.0217. The summed E-state index contributed by atoms with van der Waals surface area (Å²) >= 11 is 1.06. The zero-order valence-electron chi connectivity index (χ0n) is 9.71. The first-order valence-corrected chi connectivity index (χ1v) is 6.17. The van der Waals surface area contributed by atoms with E-state index in [-0.39, 0.29) is 16.4 Å². The number of hydrogen-bond donors (Lipinski definition) is 1. The van der Waals surface area contributed by atoms with Crippen molar-refractivity contribution in [2.45, 2.75) is 13.3 Å². The molecular formula is C13H11NO3S. The second-order valence-electron chi connectivity index (χ2n) is 3.81. The number of benzene rings is 1. The van der Waals surface area contributed by atoms with Crippen LogP contribution in [0.1, 0.15) is 37.7 Å². The largest absolute Gasteiger partial charge is 0.477 e. The number of hydrogen-bond acceptors (Lipinski definition) is 4. The monoisotopic (exact) mass is 261 g/mol. The van der Waals surface area contributed by atoms with Crippen LogP contribution in [0.15, 0.2) is 30.3 Å². The molecule has 0 unspecified atom stereocenters. The van der Waals surface area contributed by atoms with Gasteiger partial charge in [-0.15, -0.1) is 11.3 Å². The van der Waals surface area contributed by atoms with E-state index in [4.69, 9.17) is 5.11 Å². The SMILES string of the molecule is CC(=O)c1nc(Cc2ccccc2)sc1C(=O)O. The average molecular weight is 261 g/mol. The number of thiazole rings is 1. The van der Waals surface area contributed by atoms with Crippen LogP contribution in [-0.4, -0.2) is 21.8 Å². The van der Waals surface area contributed by atoms with Crippen molar-refractivity contribution in [1.29, 1.82) is 0 Å². The van der Waals surface area contributed by atoms with E-state index in [0.717, 1.165) is 16.9 Å². The molecule has 4 nitrogen and oxygen atoms in total. The molecule has 92 valence electrons. The van der Waals surface area contributed by atoms with Crippen LogP contribution in [-0.2, 0) is 6.42 Å². The van der Waals surface area contributed by atoms with Gasteiger partial charge in [-0.05, 0) is 5.56 Å². The molecule has 2 aromatic rings. The van der Waals surface area contributed by atoms with Crippen molar-refractivity contribution in [3.63, 3.8) is 0 Å². The number of carboxylic acids is 1. The van der Waals surface area contributed by atoms with E-state index in [1.165, 1.54) is 6.92 Å². The van der Waals surface area contributed by atoms with Gasteiger partial charge < -0.3 is 5.11 Å². The fourth-order valence-electron chi connectivity index (χ4n) is 1.59. The van der Waals surface area contributed by atoms with Gasteiger partial charge in [-0.1, -0.05) is 30.3 Å². The van der Waals surface area contributed by atoms with Crippen molar-refractivity contribution in [2.24, 2.45) is 0 Å². The summed E-state index contributed by atoms with van der Waals surface area (Å²) in [6.07, 6.45) is 0.541. The molecule has 0 aliphatic carbocycles. The first-order chi connectivity index (χ1) is 8.58. The molecular weight excluding hydrogens is 250 g/mol. The van der Waals surface area contributed by atoms with Crippen LogP contribution < -0.4 is 0 Å². The summed E-state index contributed by atoms with van der Waals surface area (Å²) in [5, 5.41) is 9.65. The summed E-state index contributed by atoms with van der Waals surface area (Å²) in [4.78, 5) is 26.5. The minimum atomic E-state index is -1.10. The molecule has 0 radical (unpaired) electrons. The lowest BCUT2D eigenvalue weighted by atomic mass is 10.2. The van der Waals surface area contributed by atoms with Crippen molar-refractivity contribution in [2.75, 3.05) is 0 Å². The highest BCUT2D eigenvalue weighted by Crippen LogP contribution is 2.21. The number of nitrogens with zero attached hydrogens (tertiary/aromatic N) is 1. The number of aromatic carboxylic acids is 1. The Bertz CT molecular complexity index is 558. The van der Waals surface area contributed by atoms with E-state index < -0.39 is 5.97 Å². The molecule has 5 heteroatoms. The number of Topliss-reactive ketones (excluding diaryl/α,β-unsaturated/α-hetero) is 1. The molecule has 0 bridgehead atoms. The molecule has 0 spiro atoms. The van der Waals surface area contributed by atoms with Crippen LogP contribution in [0.3, 0.4) is 0 Å². The molecule has 1 aromatic carbocycles. The molecule has 2 rings (SSSR count). The number of aromatic nitrogens is 1. The van der Waals surface area contributed by atoms with Crippen molar-refractivity contribution in [1.82, 2.24) is 4.98 Å². The second kappa shape index (κ2) is 5.10. The fraction of sp³-hybridized carbons (Fsp3) is 0.154. The molecule has 18 heavy (non-hydrogen) atoms. The van der Waals surface area contributed by atoms with Crippen LogP contribution in [0, 0.1) is 0 Å². The van der Waals surface area contributed by atoms with Gasteiger partial charge in [-0.3, -0.25) is 4.79 Å². The highest BCUT2D eigenvalue weighted by Gasteiger charge is 2.20. The van der Waals surface area contributed by atoms with Gasteiger partial charge in [0.1, 0.15) is 10.6 Å². The van der Waals surface area contributed by atoms with Crippen molar-refractivity contribution in [3.05, 3.63) is 51.5 Å². The molecule has 1 heterocycles. The predicted octanol–water partition coefficient (Wildman–Crippen LogP) is 2.63. The van der Waals surface area contributed by atoms with Crippen molar-refractivity contribution in [3.8, 4) is 0 Å². The Morgan fingerprint density at radius 2 is 1.94 bits per heavy atom. The number of carbonyl (C=O) groups excluding carboxylic acids is 1. The van der Waals surface area contributed by atoms with Gasteiger partial charge in [0, 0.05) is 13.3 Å². The van der Waals surface area contributed by atoms with Crippen molar-refractivity contribution >= 4 is 23.1 Å². The van der Waals surface area contributed by atoms with Crippen molar-refractivity contribution < 1.29 is 14.7 Å². The minimum Gasteiger partial charge on any atom is -0.477 e. The third-order valence-corrected chi connectivity index (χ3v) is 3.44.